The predicted octanol–water partition coefficient (Wildman–Crippen LogP) is 4.11. The maximum Gasteiger partial charge on any atom is 0.226 e. The molecule has 1 rings (SSSR count). The Bertz CT molecular complexity index is 443. The van der Waals surface area contributed by atoms with Crippen molar-refractivity contribution in [2.75, 3.05) is 17.7 Å². The molecule has 0 saturated heterocycles. The van der Waals surface area contributed by atoms with E-state index in [9.17, 15) is 4.79 Å². The summed E-state index contributed by atoms with van der Waals surface area (Å²) in [6.07, 6.45) is 2.46. The average Bonchev–Trinajstić information content (AvgIpc) is 2.34. The van der Waals surface area contributed by atoms with Crippen molar-refractivity contribution >= 4 is 40.5 Å². The van der Waals surface area contributed by atoms with Gasteiger partial charge in [-0.2, -0.15) is 0 Å². The topological polar surface area (TPSA) is 64.3 Å². The number of carbonyl (C=O) groups excluding carboxylic acids is 1. The van der Waals surface area contributed by atoms with Crippen molar-refractivity contribution < 1.29 is 9.53 Å². The van der Waals surface area contributed by atoms with Gasteiger partial charge in [0, 0.05) is 5.69 Å². The number of anilines is 2. The molecule has 0 aliphatic heterocycles. The molecule has 1 atom stereocenters. The highest BCUT2D eigenvalue weighted by atomic mass is 35.5. The molecule has 0 spiro atoms. The molecule has 0 saturated carbocycles. The van der Waals surface area contributed by atoms with Crippen LogP contribution in [-0.2, 0) is 9.53 Å². The maximum atomic E-state index is 11.8. The van der Waals surface area contributed by atoms with Crippen LogP contribution >= 0.6 is 23.2 Å². The van der Waals surface area contributed by atoms with E-state index >= 15 is 0 Å². The molecule has 0 fully saturated rings. The summed E-state index contributed by atoms with van der Waals surface area (Å²) >= 11 is 12.0. The quantitative estimate of drug-likeness (QED) is 0.743. The minimum atomic E-state index is -0.192. The Hall–Kier alpha value is -0.970. The number of hydrogen-bond acceptors (Lipinski definition) is 3. The van der Waals surface area contributed by atoms with Crippen LogP contribution in [0.4, 0.5) is 11.4 Å². The Morgan fingerprint density at radius 3 is 2.55 bits per heavy atom. The summed E-state index contributed by atoms with van der Waals surface area (Å²) in [6.45, 7) is 4.46. The van der Waals surface area contributed by atoms with E-state index in [4.69, 9.17) is 33.7 Å². The molecule has 4 nitrogen and oxygen atoms in total. The van der Waals surface area contributed by atoms with Crippen LogP contribution < -0.4 is 11.1 Å². The Balaban J connectivity index is 2.47. The normalized spacial score (nSPS) is 12.2. The van der Waals surface area contributed by atoms with E-state index in [1.165, 1.54) is 0 Å². The molecule has 1 aromatic rings. The molecule has 1 unspecified atom stereocenters. The van der Waals surface area contributed by atoms with Crippen molar-refractivity contribution in [2.45, 2.75) is 39.2 Å². The van der Waals surface area contributed by atoms with Crippen LogP contribution in [0.2, 0.25) is 10.0 Å². The van der Waals surface area contributed by atoms with Crippen LogP contribution in [0, 0.1) is 0 Å². The van der Waals surface area contributed by atoms with Crippen molar-refractivity contribution in [1.82, 2.24) is 0 Å². The molecule has 6 heteroatoms. The lowest BCUT2D eigenvalue weighted by Gasteiger charge is -2.13. The summed E-state index contributed by atoms with van der Waals surface area (Å²) in [5.41, 5.74) is 6.44. The predicted molar refractivity (Wildman–Crippen MR) is 84.4 cm³/mol. The van der Waals surface area contributed by atoms with E-state index in [-0.39, 0.29) is 18.4 Å². The number of hydrogen-bond donors (Lipinski definition) is 2. The van der Waals surface area contributed by atoms with Gasteiger partial charge in [0.05, 0.1) is 34.9 Å². The molecule has 0 heterocycles. The first-order valence-electron chi connectivity index (χ1n) is 6.60. The standard InChI is InChI=1S/C14H20Cl2N2O2/c1-3-4-9(2)20-6-5-13(19)18-14-11(15)7-10(17)8-12(14)16/h7-9H,3-6,17H2,1-2H3,(H,18,19). The molecular weight excluding hydrogens is 299 g/mol. The van der Waals surface area contributed by atoms with Gasteiger partial charge >= 0.3 is 0 Å². The maximum absolute atomic E-state index is 11.8. The van der Waals surface area contributed by atoms with Gasteiger partial charge in [-0.15, -0.1) is 0 Å². The molecule has 0 aromatic heterocycles. The van der Waals surface area contributed by atoms with Crippen molar-refractivity contribution in [3.05, 3.63) is 22.2 Å². The first-order chi connectivity index (χ1) is 9.43. The van der Waals surface area contributed by atoms with Crippen LogP contribution in [0.15, 0.2) is 12.1 Å². The molecule has 3 N–H and O–H groups in total. The summed E-state index contributed by atoms with van der Waals surface area (Å²) in [4.78, 5) is 11.8. The Morgan fingerprint density at radius 2 is 2.00 bits per heavy atom. The number of benzene rings is 1. The summed E-state index contributed by atoms with van der Waals surface area (Å²) in [5.74, 6) is -0.192. The molecular formula is C14H20Cl2N2O2. The van der Waals surface area contributed by atoms with E-state index in [0.29, 0.717) is 28.0 Å². The second-order valence-corrected chi connectivity index (χ2v) is 5.44. The largest absolute Gasteiger partial charge is 0.399 e. The Morgan fingerprint density at radius 1 is 1.40 bits per heavy atom. The van der Waals surface area contributed by atoms with Crippen molar-refractivity contribution in [1.29, 1.82) is 0 Å². The first-order valence-corrected chi connectivity index (χ1v) is 7.35. The minimum Gasteiger partial charge on any atom is -0.399 e. The van der Waals surface area contributed by atoms with E-state index in [1.807, 2.05) is 6.92 Å². The monoisotopic (exact) mass is 318 g/mol. The van der Waals surface area contributed by atoms with Crippen molar-refractivity contribution in [2.24, 2.45) is 0 Å². The highest BCUT2D eigenvalue weighted by molar-refractivity contribution is 6.40. The van der Waals surface area contributed by atoms with Gasteiger partial charge < -0.3 is 15.8 Å². The Labute approximate surface area is 129 Å². The van der Waals surface area contributed by atoms with Crippen LogP contribution in [0.5, 0.6) is 0 Å². The second kappa shape index (κ2) is 8.35. The minimum absolute atomic E-state index is 0.163. The summed E-state index contributed by atoms with van der Waals surface area (Å²) < 4.78 is 5.52. The lowest BCUT2D eigenvalue weighted by Crippen LogP contribution is -2.17. The average molecular weight is 319 g/mol. The molecule has 0 aliphatic carbocycles. The smallest absolute Gasteiger partial charge is 0.226 e. The molecule has 1 aromatic carbocycles. The third kappa shape index (κ3) is 5.57. The van der Waals surface area contributed by atoms with Crippen LogP contribution in [-0.4, -0.2) is 18.6 Å². The van der Waals surface area contributed by atoms with Gasteiger partial charge in [0.25, 0.3) is 0 Å². The summed E-state index contributed by atoms with van der Waals surface area (Å²) in [6, 6.07) is 3.09. The van der Waals surface area contributed by atoms with E-state index in [0.717, 1.165) is 12.8 Å². The molecule has 20 heavy (non-hydrogen) atoms. The van der Waals surface area contributed by atoms with Gasteiger partial charge in [0.1, 0.15) is 0 Å². The zero-order valence-corrected chi connectivity index (χ0v) is 13.2. The van der Waals surface area contributed by atoms with E-state index in [2.05, 4.69) is 12.2 Å². The number of rotatable bonds is 7. The van der Waals surface area contributed by atoms with Crippen molar-refractivity contribution in [3.8, 4) is 0 Å². The zero-order valence-electron chi connectivity index (χ0n) is 11.7. The molecule has 0 aliphatic rings. The van der Waals surface area contributed by atoms with Gasteiger partial charge in [-0.05, 0) is 25.5 Å². The van der Waals surface area contributed by atoms with Crippen molar-refractivity contribution in [3.63, 3.8) is 0 Å². The van der Waals surface area contributed by atoms with Gasteiger partial charge in [-0.25, -0.2) is 0 Å². The van der Waals surface area contributed by atoms with Gasteiger partial charge in [0.2, 0.25) is 5.91 Å². The fraction of sp³-hybridized carbons (Fsp3) is 0.500. The van der Waals surface area contributed by atoms with Gasteiger partial charge in [-0.3, -0.25) is 4.79 Å². The van der Waals surface area contributed by atoms with E-state index < -0.39 is 0 Å². The van der Waals surface area contributed by atoms with Crippen LogP contribution in [0.3, 0.4) is 0 Å². The van der Waals surface area contributed by atoms with Crippen LogP contribution in [0.1, 0.15) is 33.1 Å². The highest BCUT2D eigenvalue weighted by Crippen LogP contribution is 2.32. The number of amides is 1. The van der Waals surface area contributed by atoms with E-state index in [1.54, 1.807) is 12.1 Å². The lowest BCUT2D eigenvalue weighted by atomic mass is 10.2. The summed E-state index contributed by atoms with van der Waals surface area (Å²) in [7, 11) is 0. The number of halogens is 2. The number of ether oxygens (including phenoxy) is 1. The number of carbonyl (C=O) groups is 1. The number of nitrogen functional groups attached to an aromatic ring is 1. The third-order valence-electron chi connectivity index (χ3n) is 2.76. The molecule has 112 valence electrons. The van der Waals surface area contributed by atoms with Gasteiger partial charge in [-0.1, -0.05) is 36.5 Å². The number of nitrogens with one attached hydrogen (secondary N) is 1. The molecule has 0 bridgehead atoms. The number of nitrogens with two attached hydrogens (primary N) is 1. The van der Waals surface area contributed by atoms with Crippen LogP contribution in [0.25, 0.3) is 0 Å². The second-order valence-electron chi connectivity index (χ2n) is 4.63. The SMILES string of the molecule is CCCC(C)OCCC(=O)Nc1c(Cl)cc(N)cc1Cl. The Kier molecular flexibility index (Phi) is 7.13. The fourth-order valence-electron chi connectivity index (χ4n) is 1.76. The molecule has 1 amide bonds. The fourth-order valence-corrected chi connectivity index (χ4v) is 2.36. The third-order valence-corrected chi connectivity index (χ3v) is 3.35. The lowest BCUT2D eigenvalue weighted by molar-refractivity contribution is -0.117. The molecule has 0 radical (unpaired) electrons. The highest BCUT2D eigenvalue weighted by Gasteiger charge is 2.11. The first kappa shape index (κ1) is 17.1. The summed E-state index contributed by atoms with van der Waals surface area (Å²) in [5, 5.41) is 3.32. The van der Waals surface area contributed by atoms with Gasteiger partial charge in [0.15, 0.2) is 0 Å². The zero-order chi connectivity index (χ0) is 15.1.